The third-order valence-corrected chi connectivity index (χ3v) is 5.46. The molecule has 0 aliphatic carbocycles. The minimum absolute atomic E-state index is 0.0801. The molecule has 1 N–H and O–H groups in total. The van der Waals surface area contributed by atoms with E-state index < -0.39 is 16.0 Å². The molecule has 0 spiro atoms. The zero-order valence-electron chi connectivity index (χ0n) is 13.5. The molecule has 9 heteroatoms. The number of thiazole rings is 1. The van der Waals surface area contributed by atoms with Gasteiger partial charge in [0.25, 0.3) is 10.0 Å². The van der Waals surface area contributed by atoms with Gasteiger partial charge in [0.2, 0.25) is 0 Å². The lowest BCUT2D eigenvalue weighted by molar-refractivity contribution is 0.0531. The van der Waals surface area contributed by atoms with E-state index in [0.717, 1.165) is 11.3 Å². The second kappa shape index (κ2) is 7.63. The normalized spacial score (nSPS) is 11.1. The lowest BCUT2D eigenvalue weighted by Crippen LogP contribution is -2.12. The maximum absolute atomic E-state index is 12.4. The molecule has 2 aromatic rings. The van der Waals surface area contributed by atoms with E-state index in [-0.39, 0.29) is 21.5 Å². The van der Waals surface area contributed by atoms with Crippen LogP contribution in [0, 0.1) is 6.92 Å². The van der Waals surface area contributed by atoms with Gasteiger partial charge in [0.1, 0.15) is 10.6 Å². The van der Waals surface area contributed by atoms with Gasteiger partial charge < -0.3 is 9.47 Å². The van der Waals surface area contributed by atoms with Gasteiger partial charge in [0.15, 0.2) is 5.13 Å². The summed E-state index contributed by atoms with van der Waals surface area (Å²) in [5.74, 6) is 0.0742. The van der Waals surface area contributed by atoms with Crippen molar-refractivity contribution >= 4 is 32.5 Å². The molecule has 130 valence electrons. The number of ether oxygens (including phenoxy) is 2. The van der Waals surface area contributed by atoms with Gasteiger partial charge in [-0.2, -0.15) is 0 Å². The van der Waals surface area contributed by atoms with Crippen LogP contribution in [-0.2, 0) is 14.8 Å². The number of hydrogen-bond donors (Lipinski definition) is 1. The number of nitrogens with zero attached hydrogens (tertiary/aromatic N) is 1. The largest absolute Gasteiger partial charge is 0.494 e. The summed E-state index contributed by atoms with van der Waals surface area (Å²) in [5, 5.41) is 0.115. The molecule has 0 radical (unpaired) electrons. The molecular weight excluding hydrogens is 352 g/mol. The third-order valence-electron chi connectivity index (χ3n) is 2.92. The number of nitrogens with one attached hydrogen (secondary N) is 1. The quantitative estimate of drug-likeness (QED) is 0.753. The van der Waals surface area contributed by atoms with E-state index in [0.29, 0.717) is 18.1 Å². The highest BCUT2D eigenvalue weighted by Gasteiger charge is 2.21. The lowest BCUT2D eigenvalue weighted by Gasteiger charge is -2.06. The first-order chi connectivity index (χ1) is 11.4. The Bertz CT molecular complexity index is 813. The van der Waals surface area contributed by atoms with E-state index in [1.165, 1.54) is 12.1 Å². The third kappa shape index (κ3) is 4.24. The molecule has 1 aromatic heterocycles. The molecule has 0 aliphatic rings. The number of esters is 1. The molecule has 0 atom stereocenters. The molecule has 0 unspecified atom stereocenters. The Hall–Kier alpha value is -2.13. The van der Waals surface area contributed by atoms with Crippen LogP contribution in [0.1, 0.15) is 29.2 Å². The molecule has 24 heavy (non-hydrogen) atoms. The topological polar surface area (TPSA) is 94.6 Å². The van der Waals surface area contributed by atoms with Crippen LogP contribution < -0.4 is 9.46 Å². The second-order valence-electron chi connectivity index (χ2n) is 4.66. The van der Waals surface area contributed by atoms with Crippen LogP contribution in [0.5, 0.6) is 5.75 Å². The summed E-state index contributed by atoms with van der Waals surface area (Å²) in [5.41, 5.74) is 0.419. The van der Waals surface area contributed by atoms with Crippen molar-refractivity contribution in [3.8, 4) is 5.75 Å². The number of rotatable bonds is 7. The molecule has 7 nitrogen and oxygen atoms in total. The van der Waals surface area contributed by atoms with Gasteiger partial charge in [-0.25, -0.2) is 18.2 Å². The van der Waals surface area contributed by atoms with Crippen LogP contribution in [0.2, 0.25) is 0 Å². The highest BCUT2D eigenvalue weighted by molar-refractivity contribution is 7.93. The monoisotopic (exact) mass is 370 g/mol. The molecule has 0 amide bonds. The number of hydrogen-bond acceptors (Lipinski definition) is 7. The maximum Gasteiger partial charge on any atom is 0.350 e. The van der Waals surface area contributed by atoms with Crippen LogP contribution in [0.15, 0.2) is 29.2 Å². The minimum atomic E-state index is -3.80. The Kier molecular flexibility index (Phi) is 5.79. The molecule has 1 heterocycles. The van der Waals surface area contributed by atoms with E-state index >= 15 is 0 Å². The van der Waals surface area contributed by atoms with Gasteiger partial charge >= 0.3 is 5.97 Å². The molecule has 0 fully saturated rings. The van der Waals surface area contributed by atoms with Crippen LogP contribution >= 0.6 is 11.3 Å². The van der Waals surface area contributed by atoms with Crippen molar-refractivity contribution in [2.24, 2.45) is 0 Å². The number of sulfonamides is 1. The molecule has 2 rings (SSSR count). The fraction of sp³-hybridized carbons (Fsp3) is 0.333. The lowest BCUT2D eigenvalue weighted by atomic mass is 10.3. The number of carbonyl (C=O) groups is 1. The van der Waals surface area contributed by atoms with Gasteiger partial charge in [-0.3, -0.25) is 4.72 Å². The Morgan fingerprint density at radius 1 is 1.21 bits per heavy atom. The molecule has 0 saturated carbocycles. The van der Waals surface area contributed by atoms with E-state index in [9.17, 15) is 13.2 Å². The van der Waals surface area contributed by atoms with Crippen molar-refractivity contribution < 1.29 is 22.7 Å². The Labute approximate surface area is 144 Å². The van der Waals surface area contributed by atoms with Crippen LogP contribution in [0.4, 0.5) is 5.13 Å². The first-order valence-electron chi connectivity index (χ1n) is 7.27. The van der Waals surface area contributed by atoms with Gasteiger partial charge in [-0.15, -0.1) is 0 Å². The predicted molar refractivity (Wildman–Crippen MR) is 91.2 cm³/mol. The highest BCUT2D eigenvalue weighted by atomic mass is 32.2. The average Bonchev–Trinajstić information content (AvgIpc) is 2.88. The average molecular weight is 370 g/mol. The Balaban J connectivity index is 2.20. The van der Waals surface area contributed by atoms with Gasteiger partial charge in [-0.1, -0.05) is 11.3 Å². The molecule has 1 aromatic carbocycles. The molecule has 0 saturated heterocycles. The smallest absolute Gasteiger partial charge is 0.350 e. The number of benzene rings is 1. The summed E-state index contributed by atoms with van der Waals surface area (Å²) >= 11 is 0.940. The molecule has 0 aliphatic heterocycles. The number of carbonyl (C=O) groups excluding carboxylic acids is 1. The zero-order chi connectivity index (χ0) is 17.7. The van der Waals surface area contributed by atoms with Gasteiger partial charge in [0.05, 0.1) is 23.8 Å². The van der Waals surface area contributed by atoms with Crippen molar-refractivity contribution in [2.75, 3.05) is 17.9 Å². The van der Waals surface area contributed by atoms with Gasteiger partial charge in [0, 0.05) is 0 Å². The fourth-order valence-corrected chi connectivity index (χ4v) is 3.98. The summed E-state index contributed by atoms with van der Waals surface area (Å²) in [7, 11) is -3.80. The maximum atomic E-state index is 12.4. The first kappa shape index (κ1) is 18.2. The van der Waals surface area contributed by atoms with Crippen LogP contribution in [0.25, 0.3) is 0 Å². The van der Waals surface area contributed by atoms with Crippen molar-refractivity contribution in [1.82, 2.24) is 4.98 Å². The van der Waals surface area contributed by atoms with E-state index in [1.54, 1.807) is 26.0 Å². The Morgan fingerprint density at radius 2 is 1.88 bits per heavy atom. The minimum Gasteiger partial charge on any atom is -0.494 e. The summed E-state index contributed by atoms with van der Waals surface area (Å²) in [6, 6.07) is 6.05. The highest BCUT2D eigenvalue weighted by Crippen LogP contribution is 2.26. The second-order valence-corrected chi connectivity index (χ2v) is 7.35. The van der Waals surface area contributed by atoms with Crippen molar-refractivity contribution in [3.05, 3.63) is 34.8 Å². The number of aryl methyl sites for hydroxylation is 1. The van der Waals surface area contributed by atoms with E-state index in [2.05, 4.69) is 9.71 Å². The van der Waals surface area contributed by atoms with Crippen molar-refractivity contribution in [3.63, 3.8) is 0 Å². The van der Waals surface area contributed by atoms with Gasteiger partial charge in [-0.05, 0) is 45.0 Å². The summed E-state index contributed by atoms with van der Waals surface area (Å²) in [6.07, 6.45) is 0. The zero-order valence-corrected chi connectivity index (χ0v) is 15.2. The van der Waals surface area contributed by atoms with E-state index in [1.807, 2.05) is 6.92 Å². The number of aromatic nitrogens is 1. The standard InChI is InChI=1S/C15H18N2O5S2/c1-4-21-11-6-8-12(9-7-11)24(19,20)17-15-16-10(3)13(23-15)14(18)22-5-2/h6-9H,4-5H2,1-3H3,(H,16,17). The fourth-order valence-electron chi connectivity index (χ4n) is 1.88. The van der Waals surface area contributed by atoms with Crippen LogP contribution in [-0.4, -0.2) is 32.6 Å². The summed E-state index contributed by atoms with van der Waals surface area (Å²) < 4.78 is 37.3. The SMILES string of the molecule is CCOC(=O)c1sc(NS(=O)(=O)c2ccc(OCC)cc2)nc1C. The Morgan fingerprint density at radius 3 is 2.46 bits per heavy atom. The van der Waals surface area contributed by atoms with Crippen molar-refractivity contribution in [2.45, 2.75) is 25.7 Å². The molecular formula is C15H18N2O5S2. The summed E-state index contributed by atoms with van der Waals surface area (Å²) in [4.78, 5) is 16.2. The van der Waals surface area contributed by atoms with Crippen LogP contribution in [0.3, 0.4) is 0 Å². The molecule has 0 bridgehead atoms. The first-order valence-corrected chi connectivity index (χ1v) is 9.57. The van der Waals surface area contributed by atoms with Crippen molar-refractivity contribution in [1.29, 1.82) is 0 Å². The predicted octanol–water partition coefficient (Wildman–Crippen LogP) is 2.83. The van der Waals surface area contributed by atoms with E-state index in [4.69, 9.17) is 9.47 Å². The summed E-state index contributed by atoms with van der Waals surface area (Å²) in [6.45, 7) is 5.90. The number of anilines is 1.